The predicted molar refractivity (Wildman–Crippen MR) is 112 cm³/mol. The van der Waals surface area contributed by atoms with E-state index in [4.69, 9.17) is 9.47 Å². The summed E-state index contributed by atoms with van der Waals surface area (Å²) in [5.41, 5.74) is 0.824. The van der Waals surface area contributed by atoms with Crippen molar-refractivity contribution in [3.05, 3.63) is 68.2 Å². The van der Waals surface area contributed by atoms with Gasteiger partial charge in [0.2, 0.25) is 0 Å². The number of aromatic amines is 1. The highest BCUT2D eigenvalue weighted by Gasteiger charge is 2.18. The lowest BCUT2D eigenvalue weighted by molar-refractivity contribution is 0.282. The minimum Gasteiger partial charge on any atom is -0.493 e. The second-order valence-corrected chi connectivity index (χ2v) is 7.47. The lowest BCUT2D eigenvalue weighted by Gasteiger charge is -2.15. The summed E-state index contributed by atoms with van der Waals surface area (Å²) >= 11 is 4.70. The van der Waals surface area contributed by atoms with E-state index in [2.05, 4.69) is 25.9 Å². The van der Waals surface area contributed by atoms with Crippen LogP contribution in [0.2, 0.25) is 0 Å². The molecule has 0 amide bonds. The van der Waals surface area contributed by atoms with Crippen molar-refractivity contribution in [1.82, 2.24) is 9.97 Å². The molecule has 9 heteroatoms. The van der Waals surface area contributed by atoms with E-state index < -0.39 is 5.56 Å². The Morgan fingerprint density at radius 3 is 2.79 bits per heavy atom. The normalized spacial score (nSPS) is 10.4. The number of hydrogen-bond acceptors (Lipinski definition) is 6. The predicted octanol–water partition coefficient (Wildman–Crippen LogP) is 4.52. The smallest absolute Gasteiger partial charge is 0.270 e. The molecule has 0 unspecified atom stereocenters. The van der Waals surface area contributed by atoms with Gasteiger partial charge in [0, 0.05) is 5.56 Å². The minimum absolute atomic E-state index is 0.0924. The molecular formula is C20H15BrFN3O3S. The number of aromatic nitrogens is 2. The van der Waals surface area contributed by atoms with Crippen LogP contribution in [0, 0.1) is 17.1 Å². The molecule has 1 heterocycles. The molecule has 0 atom stereocenters. The van der Waals surface area contributed by atoms with E-state index in [1.54, 1.807) is 30.5 Å². The third-order valence-electron chi connectivity index (χ3n) is 3.98. The van der Waals surface area contributed by atoms with Gasteiger partial charge in [-0.2, -0.15) is 5.26 Å². The summed E-state index contributed by atoms with van der Waals surface area (Å²) < 4.78 is 25.2. The fourth-order valence-electron chi connectivity index (χ4n) is 2.64. The topological polar surface area (TPSA) is 88.0 Å². The zero-order valence-electron chi connectivity index (χ0n) is 15.5. The molecule has 0 aliphatic heterocycles. The molecule has 2 aromatic carbocycles. The van der Waals surface area contributed by atoms with E-state index in [9.17, 15) is 14.4 Å². The van der Waals surface area contributed by atoms with E-state index in [1.165, 1.54) is 31.0 Å². The summed E-state index contributed by atoms with van der Waals surface area (Å²) in [6, 6.07) is 11.3. The second kappa shape index (κ2) is 9.11. The van der Waals surface area contributed by atoms with Gasteiger partial charge in [-0.1, -0.05) is 23.9 Å². The Bertz CT molecular complexity index is 1160. The first kappa shape index (κ1) is 20.9. The largest absolute Gasteiger partial charge is 0.493 e. The maximum absolute atomic E-state index is 13.4. The highest BCUT2D eigenvalue weighted by atomic mass is 79.9. The molecule has 1 N–H and O–H groups in total. The fourth-order valence-corrected chi connectivity index (χ4v) is 3.57. The molecule has 0 saturated carbocycles. The van der Waals surface area contributed by atoms with Gasteiger partial charge < -0.3 is 14.5 Å². The van der Waals surface area contributed by atoms with Crippen LogP contribution in [-0.4, -0.2) is 23.3 Å². The van der Waals surface area contributed by atoms with E-state index in [1.807, 2.05) is 6.07 Å². The highest BCUT2D eigenvalue weighted by Crippen LogP contribution is 2.40. The van der Waals surface area contributed by atoms with Gasteiger partial charge in [0.1, 0.15) is 24.1 Å². The Balaban J connectivity index is 2.02. The molecule has 0 aliphatic rings. The first-order valence-electron chi connectivity index (χ1n) is 8.30. The summed E-state index contributed by atoms with van der Waals surface area (Å²) in [5.74, 6) is 0.442. The number of ether oxygens (including phenoxy) is 2. The van der Waals surface area contributed by atoms with Crippen LogP contribution >= 0.6 is 27.7 Å². The van der Waals surface area contributed by atoms with Crippen molar-refractivity contribution in [1.29, 1.82) is 5.26 Å². The minimum atomic E-state index is -0.511. The summed E-state index contributed by atoms with van der Waals surface area (Å²) in [5, 5.41) is 9.79. The van der Waals surface area contributed by atoms with E-state index in [0.717, 1.165) is 0 Å². The Hall–Kier alpha value is -2.83. The molecule has 3 rings (SSSR count). The van der Waals surface area contributed by atoms with Gasteiger partial charge in [-0.15, -0.1) is 0 Å². The van der Waals surface area contributed by atoms with Gasteiger partial charge in [-0.05, 0) is 52.0 Å². The summed E-state index contributed by atoms with van der Waals surface area (Å²) in [7, 11) is 1.48. The molecule has 0 bridgehead atoms. The number of benzene rings is 2. The highest BCUT2D eigenvalue weighted by molar-refractivity contribution is 9.10. The van der Waals surface area contributed by atoms with Crippen LogP contribution in [0.25, 0.3) is 11.3 Å². The molecule has 3 aromatic rings. The van der Waals surface area contributed by atoms with Gasteiger partial charge >= 0.3 is 0 Å². The number of hydrogen-bond donors (Lipinski definition) is 1. The van der Waals surface area contributed by atoms with Crippen LogP contribution in [0.4, 0.5) is 4.39 Å². The van der Waals surface area contributed by atoms with E-state index in [0.29, 0.717) is 32.3 Å². The van der Waals surface area contributed by atoms with Crippen LogP contribution in [-0.2, 0) is 6.61 Å². The van der Waals surface area contributed by atoms with Gasteiger partial charge in [-0.25, -0.2) is 9.37 Å². The molecule has 0 fully saturated rings. The Labute approximate surface area is 178 Å². The number of nitriles is 1. The van der Waals surface area contributed by atoms with Crippen molar-refractivity contribution in [2.24, 2.45) is 0 Å². The van der Waals surface area contributed by atoms with E-state index >= 15 is 0 Å². The maximum atomic E-state index is 13.4. The number of nitrogens with zero attached hydrogens (tertiary/aromatic N) is 2. The molecule has 0 spiro atoms. The van der Waals surface area contributed by atoms with Gasteiger partial charge in [0.25, 0.3) is 5.56 Å². The molecule has 0 saturated heterocycles. The van der Waals surface area contributed by atoms with Crippen molar-refractivity contribution in [3.8, 4) is 28.8 Å². The van der Waals surface area contributed by atoms with Crippen molar-refractivity contribution in [2.45, 2.75) is 11.8 Å². The van der Waals surface area contributed by atoms with E-state index in [-0.39, 0.29) is 23.7 Å². The van der Waals surface area contributed by atoms with Crippen LogP contribution in [0.3, 0.4) is 0 Å². The maximum Gasteiger partial charge on any atom is 0.270 e. The van der Waals surface area contributed by atoms with Crippen molar-refractivity contribution >= 4 is 27.7 Å². The Kier molecular flexibility index (Phi) is 6.56. The summed E-state index contributed by atoms with van der Waals surface area (Å²) in [4.78, 5) is 19.1. The third kappa shape index (κ3) is 4.60. The number of H-pyrrole nitrogens is 1. The molecule has 0 aliphatic carbocycles. The Morgan fingerprint density at radius 2 is 2.14 bits per heavy atom. The quantitative estimate of drug-likeness (QED) is 0.416. The van der Waals surface area contributed by atoms with Gasteiger partial charge in [0.15, 0.2) is 16.7 Å². The standard InChI is InChI=1S/C20H15BrFN3O3S/c1-27-16-8-12(17-14(9-23)19(26)25-20(24-17)29-2)7-15(21)18(16)28-10-11-4-3-5-13(22)6-11/h3-8H,10H2,1-2H3,(H,24,25,26). The zero-order valence-corrected chi connectivity index (χ0v) is 17.9. The monoisotopic (exact) mass is 475 g/mol. The van der Waals surface area contributed by atoms with Gasteiger partial charge in [0.05, 0.1) is 17.3 Å². The van der Waals surface area contributed by atoms with Crippen molar-refractivity contribution < 1.29 is 13.9 Å². The molecule has 6 nitrogen and oxygen atoms in total. The number of methoxy groups -OCH3 is 1. The molecular weight excluding hydrogens is 461 g/mol. The lowest BCUT2D eigenvalue weighted by atomic mass is 10.1. The van der Waals surface area contributed by atoms with Crippen LogP contribution in [0.5, 0.6) is 11.5 Å². The summed E-state index contributed by atoms with van der Waals surface area (Å²) in [6.07, 6.45) is 1.77. The zero-order chi connectivity index (χ0) is 21.0. The van der Waals surface area contributed by atoms with Crippen molar-refractivity contribution in [2.75, 3.05) is 13.4 Å². The second-order valence-electron chi connectivity index (χ2n) is 5.82. The number of halogens is 2. The first-order valence-corrected chi connectivity index (χ1v) is 10.3. The van der Waals surface area contributed by atoms with Gasteiger partial charge in [-0.3, -0.25) is 4.79 Å². The first-order chi connectivity index (χ1) is 14.0. The third-order valence-corrected chi connectivity index (χ3v) is 5.15. The molecule has 0 radical (unpaired) electrons. The van der Waals surface area contributed by atoms with Crippen LogP contribution < -0.4 is 15.0 Å². The lowest BCUT2D eigenvalue weighted by Crippen LogP contribution is -2.14. The molecule has 1 aromatic heterocycles. The SMILES string of the molecule is COc1cc(-c2nc(SC)[nH]c(=O)c2C#N)cc(Br)c1OCc1cccc(F)c1. The van der Waals surface area contributed by atoms with Crippen molar-refractivity contribution in [3.63, 3.8) is 0 Å². The number of nitrogens with one attached hydrogen (secondary N) is 1. The van der Waals surface area contributed by atoms with Crippen LogP contribution in [0.1, 0.15) is 11.1 Å². The Morgan fingerprint density at radius 1 is 1.34 bits per heavy atom. The number of rotatable bonds is 6. The summed E-state index contributed by atoms with van der Waals surface area (Å²) in [6.45, 7) is 0.134. The average Bonchev–Trinajstić information content (AvgIpc) is 2.71. The average molecular weight is 476 g/mol. The number of thioether (sulfide) groups is 1. The molecule has 148 valence electrons. The molecule has 29 heavy (non-hydrogen) atoms. The fraction of sp³-hybridized carbons (Fsp3) is 0.150. The van der Waals surface area contributed by atoms with Crippen LogP contribution in [0.15, 0.2) is 50.8 Å².